The lowest BCUT2D eigenvalue weighted by Crippen LogP contribution is -2.58. The van der Waals surface area contributed by atoms with Gasteiger partial charge < -0.3 is 10.1 Å². The molecule has 0 aromatic heterocycles. The maximum absolute atomic E-state index is 6.20. The van der Waals surface area contributed by atoms with Crippen molar-refractivity contribution in [1.82, 2.24) is 5.32 Å². The van der Waals surface area contributed by atoms with Crippen molar-refractivity contribution in [2.24, 2.45) is 11.8 Å². The molecule has 2 unspecified atom stereocenters. The number of ether oxygens (including phenoxy) is 1. The van der Waals surface area contributed by atoms with E-state index in [4.69, 9.17) is 4.74 Å². The zero-order chi connectivity index (χ0) is 11.6. The first-order chi connectivity index (χ1) is 6.82. The van der Waals surface area contributed by atoms with Gasteiger partial charge in [0, 0.05) is 12.6 Å². The Bertz CT molecular complexity index is 199. The minimum atomic E-state index is -0.00898. The minimum absolute atomic E-state index is 0.00898. The topological polar surface area (TPSA) is 21.3 Å². The van der Waals surface area contributed by atoms with Crippen LogP contribution in [0.15, 0.2) is 0 Å². The van der Waals surface area contributed by atoms with Crippen LogP contribution in [0.4, 0.5) is 0 Å². The average Bonchev–Trinajstić information content (AvgIpc) is 1.99. The lowest BCUT2D eigenvalue weighted by Gasteiger charge is -2.44. The lowest BCUT2D eigenvalue weighted by atomic mass is 9.89. The molecule has 0 aromatic carbocycles. The van der Waals surface area contributed by atoms with E-state index in [9.17, 15) is 0 Å². The zero-order valence-electron chi connectivity index (χ0n) is 11.1. The Morgan fingerprint density at radius 1 is 1.27 bits per heavy atom. The van der Waals surface area contributed by atoms with E-state index in [0.29, 0.717) is 24.0 Å². The molecule has 0 aromatic rings. The Balaban J connectivity index is 2.65. The predicted molar refractivity (Wildman–Crippen MR) is 65.0 cm³/mol. The van der Waals surface area contributed by atoms with Crippen molar-refractivity contribution in [2.45, 2.75) is 65.7 Å². The second-order valence-corrected chi connectivity index (χ2v) is 6.20. The Labute approximate surface area is 94.8 Å². The number of hydrogen-bond donors (Lipinski definition) is 1. The van der Waals surface area contributed by atoms with Crippen molar-refractivity contribution in [1.29, 1.82) is 0 Å². The zero-order valence-corrected chi connectivity index (χ0v) is 11.1. The van der Waals surface area contributed by atoms with E-state index < -0.39 is 0 Å². The summed E-state index contributed by atoms with van der Waals surface area (Å²) >= 11 is 0. The summed E-state index contributed by atoms with van der Waals surface area (Å²) in [6.45, 7) is 14.4. The monoisotopic (exact) mass is 213 g/mol. The van der Waals surface area contributed by atoms with Gasteiger partial charge >= 0.3 is 0 Å². The SMILES string of the molecule is CC(C)CC1OC(C)(C)CNC1C(C)C. The highest BCUT2D eigenvalue weighted by atomic mass is 16.5. The fraction of sp³-hybridized carbons (Fsp3) is 1.00. The average molecular weight is 213 g/mol. The first-order valence-electron chi connectivity index (χ1n) is 6.23. The molecular weight excluding hydrogens is 186 g/mol. The molecule has 1 heterocycles. The number of morpholine rings is 1. The highest BCUT2D eigenvalue weighted by Gasteiger charge is 2.36. The molecule has 0 radical (unpaired) electrons. The van der Waals surface area contributed by atoms with Crippen LogP contribution in [0.3, 0.4) is 0 Å². The quantitative estimate of drug-likeness (QED) is 0.778. The van der Waals surface area contributed by atoms with Gasteiger partial charge in [-0.15, -0.1) is 0 Å². The molecule has 2 atom stereocenters. The molecule has 0 aliphatic carbocycles. The van der Waals surface area contributed by atoms with Crippen molar-refractivity contribution < 1.29 is 4.74 Å². The van der Waals surface area contributed by atoms with Crippen LogP contribution in [0.5, 0.6) is 0 Å². The van der Waals surface area contributed by atoms with E-state index in [1.165, 1.54) is 0 Å². The summed E-state index contributed by atoms with van der Waals surface area (Å²) in [6.07, 6.45) is 1.52. The van der Waals surface area contributed by atoms with E-state index in [-0.39, 0.29) is 5.60 Å². The third-order valence-corrected chi connectivity index (χ3v) is 3.06. The molecule has 0 spiro atoms. The molecule has 2 nitrogen and oxygen atoms in total. The molecule has 15 heavy (non-hydrogen) atoms. The summed E-state index contributed by atoms with van der Waals surface area (Å²) in [5.41, 5.74) is -0.00898. The van der Waals surface area contributed by atoms with Crippen LogP contribution in [0.1, 0.15) is 48.0 Å². The molecule has 0 bridgehead atoms. The highest BCUT2D eigenvalue weighted by molar-refractivity contribution is 4.90. The molecule has 90 valence electrons. The predicted octanol–water partition coefficient (Wildman–Crippen LogP) is 2.82. The molecule has 0 saturated carbocycles. The lowest BCUT2D eigenvalue weighted by molar-refractivity contribution is -0.128. The molecule has 1 aliphatic rings. The molecule has 1 rings (SSSR count). The van der Waals surface area contributed by atoms with Crippen LogP contribution in [-0.2, 0) is 4.74 Å². The van der Waals surface area contributed by atoms with E-state index in [1.807, 2.05) is 0 Å². The Morgan fingerprint density at radius 3 is 2.33 bits per heavy atom. The first-order valence-corrected chi connectivity index (χ1v) is 6.23. The van der Waals surface area contributed by atoms with Crippen LogP contribution in [0, 0.1) is 11.8 Å². The fourth-order valence-electron chi connectivity index (χ4n) is 2.34. The summed E-state index contributed by atoms with van der Waals surface area (Å²) in [5.74, 6) is 1.34. The van der Waals surface area contributed by atoms with Gasteiger partial charge in [-0.05, 0) is 32.1 Å². The normalized spacial score (nSPS) is 31.2. The summed E-state index contributed by atoms with van der Waals surface area (Å²) in [6, 6.07) is 0.514. The van der Waals surface area contributed by atoms with Gasteiger partial charge in [0.15, 0.2) is 0 Å². The van der Waals surface area contributed by atoms with Gasteiger partial charge in [-0.1, -0.05) is 27.7 Å². The fourth-order valence-corrected chi connectivity index (χ4v) is 2.34. The summed E-state index contributed by atoms with van der Waals surface area (Å²) in [5, 5.41) is 3.64. The molecular formula is C13H27NO. The van der Waals surface area contributed by atoms with Crippen LogP contribution in [0.2, 0.25) is 0 Å². The third kappa shape index (κ3) is 3.76. The maximum Gasteiger partial charge on any atom is 0.0755 e. The van der Waals surface area contributed by atoms with Crippen molar-refractivity contribution in [3.8, 4) is 0 Å². The van der Waals surface area contributed by atoms with E-state index in [2.05, 4.69) is 46.9 Å². The summed E-state index contributed by atoms with van der Waals surface area (Å²) in [7, 11) is 0. The van der Waals surface area contributed by atoms with Gasteiger partial charge in [-0.3, -0.25) is 0 Å². The molecule has 1 aliphatic heterocycles. The van der Waals surface area contributed by atoms with Crippen molar-refractivity contribution >= 4 is 0 Å². The van der Waals surface area contributed by atoms with E-state index >= 15 is 0 Å². The summed E-state index contributed by atoms with van der Waals surface area (Å²) in [4.78, 5) is 0. The minimum Gasteiger partial charge on any atom is -0.369 e. The third-order valence-electron chi connectivity index (χ3n) is 3.06. The van der Waals surface area contributed by atoms with Crippen LogP contribution < -0.4 is 5.32 Å². The highest BCUT2D eigenvalue weighted by Crippen LogP contribution is 2.26. The Morgan fingerprint density at radius 2 is 1.87 bits per heavy atom. The largest absolute Gasteiger partial charge is 0.369 e. The summed E-state index contributed by atoms with van der Waals surface area (Å²) < 4.78 is 6.20. The van der Waals surface area contributed by atoms with E-state index in [0.717, 1.165) is 13.0 Å². The van der Waals surface area contributed by atoms with Crippen LogP contribution in [-0.4, -0.2) is 24.3 Å². The number of hydrogen-bond acceptors (Lipinski definition) is 2. The van der Waals surface area contributed by atoms with Crippen molar-refractivity contribution in [3.63, 3.8) is 0 Å². The maximum atomic E-state index is 6.20. The number of rotatable bonds is 3. The Hall–Kier alpha value is -0.0800. The molecule has 1 fully saturated rings. The second-order valence-electron chi connectivity index (χ2n) is 6.20. The van der Waals surface area contributed by atoms with Gasteiger partial charge in [-0.25, -0.2) is 0 Å². The molecule has 1 saturated heterocycles. The Kier molecular flexibility index (Phi) is 4.19. The molecule has 0 amide bonds. The van der Waals surface area contributed by atoms with Crippen molar-refractivity contribution in [3.05, 3.63) is 0 Å². The second kappa shape index (κ2) is 4.84. The van der Waals surface area contributed by atoms with Gasteiger partial charge in [0.1, 0.15) is 0 Å². The van der Waals surface area contributed by atoms with Gasteiger partial charge in [0.25, 0.3) is 0 Å². The first kappa shape index (κ1) is 13.0. The molecule has 2 heteroatoms. The van der Waals surface area contributed by atoms with Crippen LogP contribution >= 0.6 is 0 Å². The smallest absolute Gasteiger partial charge is 0.0755 e. The van der Waals surface area contributed by atoms with Crippen molar-refractivity contribution in [2.75, 3.05) is 6.54 Å². The standard InChI is InChI=1S/C13H27NO/c1-9(2)7-11-12(10(3)4)14-8-13(5,6)15-11/h9-12,14H,7-8H2,1-6H3. The van der Waals surface area contributed by atoms with E-state index in [1.54, 1.807) is 0 Å². The molecule has 1 N–H and O–H groups in total. The van der Waals surface area contributed by atoms with Gasteiger partial charge in [0.05, 0.1) is 11.7 Å². The number of nitrogens with one attached hydrogen (secondary N) is 1. The van der Waals surface area contributed by atoms with Gasteiger partial charge in [-0.2, -0.15) is 0 Å². The van der Waals surface area contributed by atoms with Gasteiger partial charge in [0.2, 0.25) is 0 Å². The van der Waals surface area contributed by atoms with Crippen LogP contribution in [0.25, 0.3) is 0 Å².